The number of hydrogen-bond donors (Lipinski definition) is 2. The number of aromatic nitrogens is 2. The van der Waals surface area contributed by atoms with Gasteiger partial charge in [-0.2, -0.15) is 5.10 Å². The van der Waals surface area contributed by atoms with E-state index in [9.17, 15) is 18.3 Å². The van der Waals surface area contributed by atoms with Gasteiger partial charge in [-0.15, -0.1) is 0 Å². The molecule has 0 radical (unpaired) electrons. The Morgan fingerprint density at radius 2 is 1.67 bits per heavy atom. The first-order valence-electron chi connectivity index (χ1n) is 10.3. The number of carboxylic acid groups (broad SMARTS) is 1. The van der Waals surface area contributed by atoms with Crippen LogP contribution < -0.4 is 4.72 Å². The van der Waals surface area contributed by atoms with Crippen LogP contribution in [0, 0.1) is 13.8 Å². The number of nitrogens with one attached hydrogen (secondary N) is 1. The molecule has 0 unspecified atom stereocenters. The van der Waals surface area contributed by atoms with E-state index in [1.165, 1.54) is 0 Å². The first-order valence-corrected chi connectivity index (χ1v) is 11.9. The molecule has 0 fully saturated rings. The van der Waals surface area contributed by atoms with Gasteiger partial charge >= 0.3 is 5.97 Å². The van der Waals surface area contributed by atoms with E-state index in [0.717, 1.165) is 11.3 Å². The fraction of sp³-hybridized carbons (Fsp3) is 0.120. The van der Waals surface area contributed by atoms with Crippen LogP contribution in [0.1, 0.15) is 27.2 Å². The maximum Gasteiger partial charge on any atom is 0.339 e. The fourth-order valence-corrected chi connectivity index (χ4v) is 4.83. The third kappa shape index (κ3) is 4.96. The lowest BCUT2D eigenvalue weighted by Gasteiger charge is -2.09. The molecule has 7 nitrogen and oxygen atoms in total. The van der Waals surface area contributed by atoms with Gasteiger partial charge in [0.25, 0.3) is 0 Å². The van der Waals surface area contributed by atoms with Gasteiger partial charge in [-0.3, -0.25) is 4.72 Å². The lowest BCUT2D eigenvalue weighted by atomic mass is 10.1. The Balaban J connectivity index is 1.70. The molecule has 0 amide bonds. The summed E-state index contributed by atoms with van der Waals surface area (Å²) in [5, 5.41) is 14.4. The van der Waals surface area contributed by atoms with Crippen molar-refractivity contribution in [2.45, 2.75) is 19.6 Å². The molecule has 8 heteroatoms. The molecule has 0 aliphatic heterocycles. The molecular weight excluding hydrogens is 438 g/mol. The highest BCUT2D eigenvalue weighted by molar-refractivity contribution is 7.91. The van der Waals surface area contributed by atoms with E-state index in [2.05, 4.69) is 9.82 Å². The Morgan fingerprint density at radius 3 is 2.33 bits per heavy atom. The van der Waals surface area contributed by atoms with Crippen LogP contribution in [0.25, 0.3) is 16.9 Å². The zero-order valence-corrected chi connectivity index (χ0v) is 19.0. The summed E-state index contributed by atoms with van der Waals surface area (Å²) in [5.74, 6) is -1.27. The van der Waals surface area contributed by atoms with Crippen molar-refractivity contribution in [2.75, 3.05) is 4.72 Å². The lowest BCUT2D eigenvalue weighted by molar-refractivity contribution is 0.0697. The summed E-state index contributed by atoms with van der Waals surface area (Å²) >= 11 is 0. The molecule has 0 aliphatic carbocycles. The van der Waals surface area contributed by atoms with Crippen molar-refractivity contribution < 1.29 is 18.3 Å². The predicted molar refractivity (Wildman–Crippen MR) is 128 cm³/mol. The van der Waals surface area contributed by atoms with E-state index in [0.29, 0.717) is 22.5 Å². The van der Waals surface area contributed by atoms with Gasteiger partial charge in [0, 0.05) is 11.3 Å². The minimum Gasteiger partial charge on any atom is -0.478 e. The Bertz CT molecular complexity index is 1410. The maximum atomic E-state index is 12.6. The number of sulfonamides is 1. The highest BCUT2D eigenvalue weighted by Crippen LogP contribution is 2.29. The van der Waals surface area contributed by atoms with E-state index >= 15 is 0 Å². The van der Waals surface area contributed by atoms with Crippen molar-refractivity contribution in [3.8, 4) is 16.9 Å². The molecule has 0 saturated heterocycles. The van der Waals surface area contributed by atoms with Gasteiger partial charge < -0.3 is 5.11 Å². The van der Waals surface area contributed by atoms with Crippen molar-refractivity contribution in [3.05, 3.63) is 101 Å². The van der Waals surface area contributed by atoms with Crippen LogP contribution in [0.3, 0.4) is 0 Å². The fourth-order valence-electron chi connectivity index (χ4n) is 3.64. The first kappa shape index (κ1) is 22.3. The third-order valence-corrected chi connectivity index (χ3v) is 6.48. The average molecular weight is 462 g/mol. The molecule has 0 atom stereocenters. The number of aryl methyl sites for hydroxylation is 1. The van der Waals surface area contributed by atoms with Crippen LogP contribution >= 0.6 is 0 Å². The van der Waals surface area contributed by atoms with Crippen LogP contribution in [0.2, 0.25) is 0 Å². The van der Waals surface area contributed by atoms with Crippen molar-refractivity contribution in [1.29, 1.82) is 0 Å². The summed E-state index contributed by atoms with van der Waals surface area (Å²) in [5.41, 5.74) is 4.15. The molecular formula is C25H23N3O4S. The molecule has 3 aromatic carbocycles. The SMILES string of the molecule is Cc1ccc(-n2nc(-c3cccc(NS(=O)(=O)Cc4ccccc4)c3)c(C(=O)O)c2C)cc1. The molecule has 0 aliphatic rings. The van der Waals surface area contributed by atoms with E-state index in [-0.39, 0.29) is 17.0 Å². The molecule has 4 aromatic rings. The largest absolute Gasteiger partial charge is 0.478 e. The van der Waals surface area contributed by atoms with E-state index in [1.807, 2.05) is 37.3 Å². The molecule has 1 heterocycles. The van der Waals surface area contributed by atoms with Crippen LogP contribution in [-0.4, -0.2) is 29.3 Å². The topological polar surface area (TPSA) is 101 Å². The van der Waals surface area contributed by atoms with Crippen LogP contribution in [-0.2, 0) is 15.8 Å². The van der Waals surface area contributed by atoms with E-state index in [1.54, 1.807) is 60.1 Å². The summed E-state index contributed by atoms with van der Waals surface area (Å²) in [4.78, 5) is 12.1. The van der Waals surface area contributed by atoms with Gasteiger partial charge in [-0.25, -0.2) is 17.9 Å². The molecule has 0 saturated carbocycles. The normalized spacial score (nSPS) is 11.3. The second kappa shape index (κ2) is 8.91. The van der Waals surface area contributed by atoms with Crippen molar-refractivity contribution in [2.24, 2.45) is 0 Å². The smallest absolute Gasteiger partial charge is 0.339 e. The molecule has 0 bridgehead atoms. The lowest BCUT2D eigenvalue weighted by Crippen LogP contribution is -2.15. The Labute approximate surface area is 192 Å². The third-order valence-electron chi connectivity index (χ3n) is 5.22. The minimum absolute atomic E-state index is 0.0693. The number of benzene rings is 3. The van der Waals surface area contributed by atoms with Gasteiger partial charge in [0.15, 0.2) is 0 Å². The van der Waals surface area contributed by atoms with Gasteiger partial charge in [0.2, 0.25) is 10.0 Å². The summed E-state index contributed by atoms with van der Waals surface area (Å²) in [6.45, 7) is 3.67. The number of aromatic carboxylic acids is 1. The average Bonchev–Trinajstić information content (AvgIpc) is 3.12. The van der Waals surface area contributed by atoms with E-state index in [4.69, 9.17) is 0 Å². The standard InChI is InChI=1S/C25H23N3O4S/c1-17-11-13-22(14-12-17)28-18(2)23(25(29)30)24(26-28)20-9-6-10-21(15-20)27-33(31,32)16-19-7-4-3-5-8-19/h3-15,27H,16H2,1-2H3,(H,29,30). The van der Waals surface area contributed by atoms with Crippen molar-refractivity contribution >= 4 is 21.7 Å². The number of rotatable bonds is 7. The maximum absolute atomic E-state index is 12.6. The number of anilines is 1. The van der Waals surface area contributed by atoms with Gasteiger partial charge in [-0.1, -0.05) is 60.2 Å². The number of hydrogen-bond acceptors (Lipinski definition) is 4. The van der Waals surface area contributed by atoms with E-state index < -0.39 is 16.0 Å². The summed E-state index contributed by atoms with van der Waals surface area (Å²) in [7, 11) is -3.66. The van der Waals surface area contributed by atoms with Gasteiger partial charge in [0.05, 0.1) is 17.1 Å². The Kier molecular flexibility index (Phi) is 6.02. The van der Waals surface area contributed by atoms with Crippen molar-refractivity contribution in [3.63, 3.8) is 0 Å². The molecule has 4 rings (SSSR count). The number of carbonyl (C=O) groups is 1. The summed E-state index contributed by atoms with van der Waals surface area (Å²) in [6, 6.07) is 23.1. The first-order chi connectivity index (χ1) is 15.7. The van der Waals surface area contributed by atoms with Crippen LogP contribution in [0.15, 0.2) is 78.9 Å². The quantitative estimate of drug-likeness (QED) is 0.412. The minimum atomic E-state index is -3.66. The van der Waals surface area contributed by atoms with Crippen molar-refractivity contribution in [1.82, 2.24) is 9.78 Å². The number of carboxylic acids is 1. The Morgan fingerprint density at radius 1 is 0.970 bits per heavy atom. The summed E-state index contributed by atoms with van der Waals surface area (Å²) in [6.07, 6.45) is 0. The van der Waals surface area contributed by atoms with Gasteiger partial charge in [-0.05, 0) is 43.7 Å². The molecule has 33 heavy (non-hydrogen) atoms. The highest BCUT2D eigenvalue weighted by Gasteiger charge is 2.23. The van der Waals surface area contributed by atoms with Crippen LogP contribution in [0.4, 0.5) is 5.69 Å². The second-order valence-electron chi connectivity index (χ2n) is 7.79. The highest BCUT2D eigenvalue weighted by atomic mass is 32.2. The number of nitrogens with zero attached hydrogens (tertiary/aromatic N) is 2. The van der Waals surface area contributed by atoms with Gasteiger partial charge in [0.1, 0.15) is 11.3 Å². The predicted octanol–water partition coefficient (Wildman–Crippen LogP) is 4.80. The monoisotopic (exact) mass is 461 g/mol. The zero-order chi connectivity index (χ0) is 23.6. The Hall–Kier alpha value is -3.91. The zero-order valence-electron chi connectivity index (χ0n) is 18.2. The summed E-state index contributed by atoms with van der Waals surface area (Å²) < 4.78 is 29.4. The molecule has 2 N–H and O–H groups in total. The molecule has 168 valence electrons. The second-order valence-corrected chi connectivity index (χ2v) is 9.51. The molecule has 1 aromatic heterocycles. The van der Waals surface area contributed by atoms with Crippen LogP contribution in [0.5, 0.6) is 0 Å². The molecule has 0 spiro atoms.